The van der Waals surface area contributed by atoms with Crippen molar-refractivity contribution in [3.05, 3.63) is 40.7 Å². The minimum atomic E-state index is 0.445. The zero-order valence-corrected chi connectivity index (χ0v) is 11.3. The lowest BCUT2D eigenvalue weighted by atomic mass is 10.1. The molecule has 0 unspecified atom stereocenters. The molecule has 0 aliphatic heterocycles. The number of nitrogens with two attached hydrogens (primary N) is 1. The van der Waals surface area contributed by atoms with Crippen molar-refractivity contribution in [1.82, 2.24) is 15.0 Å². The highest BCUT2D eigenvalue weighted by Gasteiger charge is 2.13. The third kappa shape index (κ3) is 2.29. The van der Waals surface area contributed by atoms with E-state index in [-0.39, 0.29) is 0 Å². The van der Waals surface area contributed by atoms with Gasteiger partial charge in [0.1, 0.15) is 0 Å². The molecule has 0 bridgehead atoms. The molecule has 0 saturated carbocycles. The largest absolute Gasteiger partial charge is 0.325 e. The molecule has 0 aliphatic carbocycles. The van der Waals surface area contributed by atoms with Gasteiger partial charge in [0, 0.05) is 6.54 Å². The maximum atomic E-state index is 5.72. The Hall–Kier alpha value is -1.68. The Kier molecular flexibility index (Phi) is 3.77. The average Bonchev–Trinajstić information content (AvgIpc) is 2.73. The summed E-state index contributed by atoms with van der Waals surface area (Å²) in [5.41, 5.74) is 11.3. The molecule has 2 aromatic rings. The van der Waals surface area contributed by atoms with Gasteiger partial charge in [0.2, 0.25) is 0 Å². The van der Waals surface area contributed by atoms with Crippen LogP contribution in [0.15, 0.2) is 18.2 Å². The second-order valence-corrected chi connectivity index (χ2v) is 4.64. The molecule has 0 radical (unpaired) electrons. The van der Waals surface area contributed by atoms with E-state index in [0.717, 1.165) is 29.9 Å². The Morgan fingerprint density at radius 3 is 2.67 bits per heavy atom. The Morgan fingerprint density at radius 2 is 2.06 bits per heavy atom. The number of aryl methyl sites for hydroxylation is 2. The molecule has 1 heterocycles. The second-order valence-electron chi connectivity index (χ2n) is 4.64. The Bertz CT molecular complexity index is 543. The number of hydrogen-bond acceptors (Lipinski definition) is 3. The lowest BCUT2D eigenvalue weighted by Crippen LogP contribution is -2.07. The summed E-state index contributed by atoms with van der Waals surface area (Å²) in [4.78, 5) is 0. The topological polar surface area (TPSA) is 56.7 Å². The van der Waals surface area contributed by atoms with Gasteiger partial charge in [-0.05, 0) is 31.9 Å². The summed E-state index contributed by atoms with van der Waals surface area (Å²) in [5, 5.41) is 8.43. The van der Waals surface area contributed by atoms with Crippen molar-refractivity contribution in [2.75, 3.05) is 0 Å². The van der Waals surface area contributed by atoms with Crippen LogP contribution in [0.1, 0.15) is 35.9 Å². The van der Waals surface area contributed by atoms with E-state index in [1.807, 2.05) is 4.68 Å². The van der Waals surface area contributed by atoms with E-state index in [1.54, 1.807) is 0 Å². The van der Waals surface area contributed by atoms with Gasteiger partial charge in [-0.15, -0.1) is 5.10 Å². The predicted octanol–water partition coefficient (Wildman–Crippen LogP) is 2.30. The fourth-order valence-corrected chi connectivity index (χ4v) is 2.21. The third-order valence-corrected chi connectivity index (χ3v) is 3.10. The molecule has 0 spiro atoms. The van der Waals surface area contributed by atoms with Gasteiger partial charge in [0.25, 0.3) is 0 Å². The first-order valence-corrected chi connectivity index (χ1v) is 6.38. The first-order chi connectivity index (χ1) is 8.67. The number of aromatic nitrogens is 3. The van der Waals surface area contributed by atoms with E-state index in [0.29, 0.717) is 6.54 Å². The Morgan fingerprint density at radius 1 is 1.28 bits per heavy atom. The molecule has 2 N–H and O–H groups in total. The zero-order valence-electron chi connectivity index (χ0n) is 11.3. The van der Waals surface area contributed by atoms with Crippen molar-refractivity contribution in [1.29, 1.82) is 0 Å². The van der Waals surface area contributed by atoms with Crippen LogP contribution in [0.4, 0.5) is 0 Å². The van der Waals surface area contributed by atoms with Gasteiger partial charge in [-0.3, -0.25) is 0 Å². The molecule has 4 heteroatoms. The molecule has 2 rings (SSSR count). The summed E-state index contributed by atoms with van der Waals surface area (Å²) in [6.07, 6.45) is 2.01. The van der Waals surface area contributed by atoms with Crippen molar-refractivity contribution in [2.45, 2.75) is 40.2 Å². The van der Waals surface area contributed by atoms with Crippen molar-refractivity contribution >= 4 is 0 Å². The lowest BCUT2D eigenvalue weighted by molar-refractivity contribution is 0.742. The zero-order chi connectivity index (χ0) is 13.1. The standard InChI is InChI=1S/C14H20N4/c1-4-5-14-12(9-15)16-17-18(14)13-7-6-10(2)8-11(13)3/h6-8H,4-5,9,15H2,1-3H3. The van der Waals surface area contributed by atoms with Crippen LogP contribution >= 0.6 is 0 Å². The average molecular weight is 244 g/mol. The number of nitrogens with zero attached hydrogens (tertiary/aromatic N) is 3. The third-order valence-electron chi connectivity index (χ3n) is 3.10. The van der Waals surface area contributed by atoms with E-state index in [4.69, 9.17) is 5.73 Å². The molecule has 4 nitrogen and oxygen atoms in total. The normalized spacial score (nSPS) is 10.9. The highest BCUT2D eigenvalue weighted by Crippen LogP contribution is 2.19. The van der Waals surface area contributed by atoms with Gasteiger partial charge >= 0.3 is 0 Å². The summed E-state index contributed by atoms with van der Waals surface area (Å²) < 4.78 is 1.93. The van der Waals surface area contributed by atoms with Crippen molar-refractivity contribution in [3.8, 4) is 5.69 Å². The van der Waals surface area contributed by atoms with E-state index in [2.05, 4.69) is 49.3 Å². The van der Waals surface area contributed by atoms with Crippen molar-refractivity contribution in [2.24, 2.45) is 5.73 Å². The van der Waals surface area contributed by atoms with E-state index in [1.165, 1.54) is 11.1 Å². The summed E-state index contributed by atoms with van der Waals surface area (Å²) in [6.45, 7) is 6.79. The van der Waals surface area contributed by atoms with Crippen LogP contribution in [0.3, 0.4) is 0 Å². The monoisotopic (exact) mass is 244 g/mol. The quantitative estimate of drug-likeness (QED) is 0.897. The predicted molar refractivity (Wildman–Crippen MR) is 72.7 cm³/mol. The van der Waals surface area contributed by atoms with E-state index in [9.17, 15) is 0 Å². The Balaban J connectivity index is 2.52. The van der Waals surface area contributed by atoms with Crippen LogP contribution < -0.4 is 5.73 Å². The fraction of sp³-hybridized carbons (Fsp3) is 0.429. The smallest absolute Gasteiger partial charge is 0.0999 e. The second kappa shape index (κ2) is 5.31. The molecule has 0 atom stereocenters. The summed E-state index contributed by atoms with van der Waals surface area (Å²) in [5.74, 6) is 0. The molecule has 18 heavy (non-hydrogen) atoms. The van der Waals surface area contributed by atoms with Crippen molar-refractivity contribution < 1.29 is 0 Å². The van der Waals surface area contributed by atoms with Gasteiger partial charge < -0.3 is 5.73 Å². The molecule has 1 aromatic carbocycles. The van der Waals surface area contributed by atoms with Gasteiger partial charge in [-0.2, -0.15) is 0 Å². The molecule has 96 valence electrons. The van der Waals surface area contributed by atoms with Gasteiger partial charge in [-0.1, -0.05) is 36.3 Å². The first kappa shape index (κ1) is 12.8. The van der Waals surface area contributed by atoms with Crippen LogP contribution in [-0.2, 0) is 13.0 Å². The molecule has 0 fully saturated rings. The van der Waals surface area contributed by atoms with Crippen LogP contribution in [0.5, 0.6) is 0 Å². The number of rotatable bonds is 4. The van der Waals surface area contributed by atoms with Crippen LogP contribution in [0.25, 0.3) is 5.69 Å². The number of hydrogen-bond donors (Lipinski definition) is 1. The highest BCUT2D eigenvalue weighted by molar-refractivity contribution is 5.43. The molecule has 0 aliphatic rings. The molecule has 1 aromatic heterocycles. The minimum Gasteiger partial charge on any atom is -0.325 e. The summed E-state index contributed by atoms with van der Waals surface area (Å²) in [6, 6.07) is 6.36. The van der Waals surface area contributed by atoms with Crippen LogP contribution in [-0.4, -0.2) is 15.0 Å². The molecule has 0 amide bonds. The molecular weight excluding hydrogens is 224 g/mol. The van der Waals surface area contributed by atoms with Gasteiger partial charge in [0.05, 0.1) is 17.1 Å². The summed E-state index contributed by atoms with van der Waals surface area (Å²) >= 11 is 0. The van der Waals surface area contributed by atoms with E-state index >= 15 is 0 Å². The fourth-order valence-electron chi connectivity index (χ4n) is 2.21. The van der Waals surface area contributed by atoms with Gasteiger partial charge in [0.15, 0.2) is 0 Å². The Labute approximate surface area is 108 Å². The van der Waals surface area contributed by atoms with Crippen LogP contribution in [0.2, 0.25) is 0 Å². The maximum Gasteiger partial charge on any atom is 0.0999 e. The maximum absolute atomic E-state index is 5.72. The highest BCUT2D eigenvalue weighted by atomic mass is 15.4. The minimum absolute atomic E-state index is 0.445. The van der Waals surface area contributed by atoms with E-state index < -0.39 is 0 Å². The van der Waals surface area contributed by atoms with Crippen LogP contribution in [0, 0.1) is 13.8 Å². The lowest BCUT2D eigenvalue weighted by Gasteiger charge is -2.10. The van der Waals surface area contributed by atoms with Crippen molar-refractivity contribution in [3.63, 3.8) is 0 Å². The number of benzene rings is 1. The SMILES string of the molecule is CCCc1c(CN)nnn1-c1ccc(C)cc1C. The van der Waals surface area contributed by atoms with Gasteiger partial charge in [-0.25, -0.2) is 4.68 Å². The molecular formula is C14H20N4. The summed E-state index contributed by atoms with van der Waals surface area (Å²) in [7, 11) is 0. The molecule has 0 saturated heterocycles. The first-order valence-electron chi connectivity index (χ1n) is 6.38.